The highest BCUT2D eigenvalue weighted by atomic mass is 32.2. The average molecular weight is 287 g/mol. The summed E-state index contributed by atoms with van der Waals surface area (Å²) in [5, 5.41) is 12.3. The van der Waals surface area contributed by atoms with Gasteiger partial charge in [-0.2, -0.15) is 5.26 Å². The van der Waals surface area contributed by atoms with Crippen molar-refractivity contribution in [3.05, 3.63) is 46.5 Å². The molecule has 20 heavy (non-hydrogen) atoms. The van der Waals surface area contributed by atoms with Crippen molar-refractivity contribution < 1.29 is 9.59 Å². The van der Waals surface area contributed by atoms with Crippen LogP contribution in [0.4, 0.5) is 0 Å². The number of amides is 2. The Balaban J connectivity index is 2.65. The van der Waals surface area contributed by atoms with Crippen LogP contribution >= 0.6 is 11.8 Å². The predicted octanol–water partition coefficient (Wildman–Crippen LogP) is 1.10. The van der Waals surface area contributed by atoms with Crippen LogP contribution in [0, 0.1) is 17.2 Å². The lowest BCUT2D eigenvalue weighted by atomic mass is 9.78. The lowest BCUT2D eigenvalue weighted by Crippen LogP contribution is -2.42. The number of nitrogens with zero attached hydrogens (tertiary/aromatic N) is 1. The second kappa shape index (κ2) is 5.80. The minimum absolute atomic E-state index is 0.287. The molecule has 0 aliphatic carbocycles. The summed E-state index contributed by atoms with van der Waals surface area (Å²) < 4.78 is 0. The lowest BCUT2D eigenvalue weighted by Gasteiger charge is -2.30. The van der Waals surface area contributed by atoms with Crippen LogP contribution in [0.15, 0.2) is 40.9 Å². The van der Waals surface area contributed by atoms with Crippen molar-refractivity contribution in [2.75, 3.05) is 6.26 Å². The number of thioether (sulfide) groups is 1. The number of carbonyl (C=O) groups is 2. The molecule has 2 rings (SSSR count). The van der Waals surface area contributed by atoms with E-state index in [1.807, 2.05) is 12.1 Å². The Hall–Kier alpha value is -2.26. The van der Waals surface area contributed by atoms with E-state index in [0.717, 1.165) is 5.56 Å². The SMILES string of the molecule is CSC1=C(C(N)=O)C(c2ccccc2)C(C#N)C(=O)N1. The van der Waals surface area contributed by atoms with Crippen LogP contribution in [0.25, 0.3) is 0 Å². The van der Waals surface area contributed by atoms with E-state index in [9.17, 15) is 14.9 Å². The van der Waals surface area contributed by atoms with Gasteiger partial charge in [-0.15, -0.1) is 11.8 Å². The van der Waals surface area contributed by atoms with Crippen molar-refractivity contribution in [2.45, 2.75) is 5.92 Å². The summed E-state index contributed by atoms with van der Waals surface area (Å²) in [5.41, 5.74) is 6.47. The Morgan fingerprint density at radius 3 is 2.55 bits per heavy atom. The molecule has 1 aromatic carbocycles. The van der Waals surface area contributed by atoms with E-state index in [2.05, 4.69) is 5.32 Å². The fourth-order valence-electron chi connectivity index (χ4n) is 2.30. The summed E-state index contributed by atoms with van der Waals surface area (Å²) in [4.78, 5) is 23.8. The molecule has 0 bridgehead atoms. The molecule has 2 amide bonds. The summed E-state index contributed by atoms with van der Waals surface area (Å²) in [6, 6.07) is 11.0. The molecule has 6 heteroatoms. The minimum atomic E-state index is -0.962. The smallest absolute Gasteiger partial charge is 0.247 e. The van der Waals surface area contributed by atoms with Crippen molar-refractivity contribution in [3.63, 3.8) is 0 Å². The molecular weight excluding hydrogens is 274 g/mol. The topological polar surface area (TPSA) is 96.0 Å². The zero-order valence-electron chi connectivity index (χ0n) is 10.8. The summed E-state index contributed by atoms with van der Waals surface area (Å²) in [6.45, 7) is 0. The summed E-state index contributed by atoms with van der Waals surface area (Å²) in [6.07, 6.45) is 1.74. The second-order valence-electron chi connectivity index (χ2n) is 4.30. The summed E-state index contributed by atoms with van der Waals surface area (Å²) in [7, 11) is 0. The molecule has 0 aromatic heterocycles. The Bertz CT molecular complexity index is 619. The van der Waals surface area contributed by atoms with Gasteiger partial charge in [-0.05, 0) is 11.8 Å². The van der Waals surface area contributed by atoms with Gasteiger partial charge >= 0.3 is 0 Å². The highest BCUT2D eigenvalue weighted by Crippen LogP contribution is 2.38. The van der Waals surface area contributed by atoms with Gasteiger partial charge in [0.1, 0.15) is 5.92 Å². The maximum absolute atomic E-state index is 12.0. The normalized spacial score (nSPS) is 22.1. The lowest BCUT2D eigenvalue weighted by molar-refractivity contribution is -0.123. The third kappa shape index (κ3) is 2.40. The van der Waals surface area contributed by atoms with E-state index < -0.39 is 23.7 Å². The van der Waals surface area contributed by atoms with Crippen LogP contribution in [0.3, 0.4) is 0 Å². The largest absolute Gasteiger partial charge is 0.366 e. The Labute approximate surface area is 120 Å². The maximum atomic E-state index is 12.0. The van der Waals surface area contributed by atoms with Gasteiger partial charge in [0.2, 0.25) is 11.8 Å². The van der Waals surface area contributed by atoms with Gasteiger partial charge in [-0.3, -0.25) is 9.59 Å². The van der Waals surface area contributed by atoms with Gasteiger partial charge in [-0.1, -0.05) is 30.3 Å². The maximum Gasteiger partial charge on any atom is 0.247 e. The average Bonchev–Trinajstić information content (AvgIpc) is 2.46. The first-order chi connectivity index (χ1) is 9.60. The van der Waals surface area contributed by atoms with Crippen LogP contribution in [-0.2, 0) is 9.59 Å². The fourth-order valence-corrected chi connectivity index (χ4v) is 2.95. The number of benzene rings is 1. The molecule has 5 nitrogen and oxygen atoms in total. The third-order valence-electron chi connectivity index (χ3n) is 3.18. The molecule has 2 atom stereocenters. The van der Waals surface area contributed by atoms with E-state index in [-0.39, 0.29) is 5.57 Å². The molecule has 1 aliphatic heterocycles. The Morgan fingerprint density at radius 1 is 1.40 bits per heavy atom. The molecule has 102 valence electrons. The zero-order valence-corrected chi connectivity index (χ0v) is 11.6. The standard InChI is InChI=1S/C14H13N3O2S/c1-20-14-11(12(16)18)10(8-5-3-2-4-6-8)9(7-15)13(19)17-14/h2-6,9-10H,1H3,(H2,16,18)(H,17,19). The van der Waals surface area contributed by atoms with Crippen LogP contribution in [0.2, 0.25) is 0 Å². The third-order valence-corrected chi connectivity index (χ3v) is 3.91. The molecule has 0 spiro atoms. The number of carbonyl (C=O) groups excluding carboxylic acids is 2. The van der Waals surface area contributed by atoms with Crippen molar-refractivity contribution in [1.82, 2.24) is 5.32 Å². The van der Waals surface area contributed by atoms with Crippen molar-refractivity contribution in [3.8, 4) is 6.07 Å². The highest BCUT2D eigenvalue weighted by Gasteiger charge is 2.40. The van der Waals surface area contributed by atoms with Crippen molar-refractivity contribution in [2.24, 2.45) is 11.7 Å². The first kappa shape index (κ1) is 14.2. The molecule has 1 aromatic rings. The summed E-state index contributed by atoms with van der Waals surface area (Å²) in [5.74, 6) is -2.62. The minimum Gasteiger partial charge on any atom is -0.366 e. The predicted molar refractivity (Wildman–Crippen MR) is 76.2 cm³/mol. The first-order valence-electron chi connectivity index (χ1n) is 5.93. The van der Waals surface area contributed by atoms with E-state index in [0.29, 0.717) is 5.03 Å². The molecule has 0 saturated carbocycles. The van der Waals surface area contributed by atoms with Crippen molar-refractivity contribution in [1.29, 1.82) is 5.26 Å². The number of nitrogens with one attached hydrogen (secondary N) is 1. The monoisotopic (exact) mass is 287 g/mol. The number of nitrogens with two attached hydrogens (primary N) is 1. The first-order valence-corrected chi connectivity index (χ1v) is 7.16. The Morgan fingerprint density at radius 2 is 2.05 bits per heavy atom. The summed E-state index contributed by atoms with van der Waals surface area (Å²) >= 11 is 1.23. The van der Waals surface area contributed by atoms with Gasteiger partial charge in [0.05, 0.1) is 16.7 Å². The number of primary amides is 1. The van der Waals surface area contributed by atoms with Crippen LogP contribution in [-0.4, -0.2) is 18.1 Å². The second-order valence-corrected chi connectivity index (χ2v) is 5.11. The van der Waals surface area contributed by atoms with Crippen LogP contribution in [0.5, 0.6) is 0 Å². The highest BCUT2D eigenvalue weighted by molar-refractivity contribution is 8.02. The molecule has 0 radical (unpaired) electrons. The van der Waals surface area contributed by atoms with Crippen LogP contribution in [0.1, 0.15) is 11.5 Å². The quantitative estimate of drug-likeness (QED) is 0.870. The molecule has 3 N–H and O–H groups in total. The van der Waals surface area contributed by atoms with Crippen LogP contribution < -0.4 is 11.1 Å². The van der Waals surface area contributed by atoms with Crippen molar-refractivity contribution >= 4 is 23.6 Å². The number of nitriles is 1. The number of rotatable bonds is 3. The van der Waals surface area contributed by atoms with E-state index in [1.54, 1.807) is 30.5 Å². The molecule has 0 saturated heterocycles. The van der Waals surface area contributed by atoms with E-state index in [1.165, 1.54) is 11.8 Å². The molecule has 1 heterocycles. The van der Waals surface area contributed by atoms with Gasteiger partial charge in [0.25, 0.3) is 0 Å². The number of hydrogen-bond acceptors (Lipinski definition) is 4. The van der Waals surface area contributed by atoms with E-state index in [4.69, 9.17) is 5.73 Å². The van der Waals surface area contributed by atoms with Gasteiger partial charge in [0.15, 0.2) is 0 Å². The molecule has 2 unspecified atom stereocenters. The van der Waals surface area contributed by atoms with Gasteiger partial charge in [-0.25, -0.2) is 0 Å². The number of hydrogen-bond donors (Lipinski definition) is 2. The zero-order chi connectivity index (χ0) is 14.7. The molecule has 1 aliphatic rings. The Kier molecular flexibility index (Phi) is 4.11. The van der Waals surface area contributed by atoms with Gasteiger partial charge in [0, 0.05) is 5.92 Å². The van der Waals surface area contributed by atoms with E-state index >= 15 is 0 Å². The van der Waals surface area contributed by atoms with Gasteiger partial charge < -0.3 is 11.1 Å². The fraction of sp³-hybridized carbons (Fsp3) is 0.214. The molecule has 0 fully saturated rings. The molecular formula is C14H13N3O2S.